The number of rotatable bonds is 2. The molecular weight excluding hydrogens is 296 g/mol. The number of nitrogens with one attached hydrogen (secondary N) is 1. The van der Waals surface area contributed by atoms with E-state index >= 15 is 0 Å². The van der Waals surface area contributed by atoms with Crippen molar-refractivity contribution in [1.82, 2.24) is 10.2 Å². The summed E-state index contributed by atoms with van der Waals surface area (Å²) in [5, 5.41) is 3.22. The lowest BCUT2D eigenvalue weighted by Gasteiger charge is -2.28. The number of nitrogens with zero attached hydrogens (tertiary/aromatic N) is 1. The van der Waals surface area contributed by atoms with E-state index in [2.05, 4.69) is 5.32 Å². The third kappa shape index (κ3) is 2.01. The van der Waals surface area contributed by atoms with Gasteiger partial charge in [-0.15, -0.1) is 0 Å². The summed E-state index contributed by atoms with van der Waals surface area (Å²) in [5.74, 6) is -2.47. The van der Waals surface area contributed by atoms with Crippen molar-refractivity contribution in [1.29, 1.82) is 0 Å². The zero-order chi connectivity index (χ0) is 16.9. The lowest BCUT2D eigenvalue weighted by molar-refractivity contribution is -0.152. The van der Waals surface area contributed by atoms with Gasteiger partial charge in [-0.25, -0.2) is 0 Å². The Hall–Kier alpha value is -2.21. The summed E-state index contributed by atoms with van der Waals surface area (Å²) in [6.07, 6.45) is 0. The molecule has 0 bridgehead atoms. The van der Waals surface area contributed by atoms with E-state index in [1.54, 1.807) is 6.92 Å². The highest BCUT2D eigenvalue weighted by atomic mass is 16.5. The number of likely N-dealkylation sites (tertiary alicyclic amines) is 1. The molecule has 1 aromatic carbocycles. The Kier molecular flexibility index (Phi) is 3.52. The molecule has 23 heavy (non-hydrogen) atoms. The van der Waals surface area contributed by atoms with Crippen molar-refractivity contribution < 1.29 is 19.1 Å². The molecule has 3 rings (SSSR count). The summed E-state index contributed by atoms with van der Waals surface area (Å²) in [4.78, 5) is 38.6. The van der Waals surface area contributed by atoms with Gasteiger partial charge in [0.25, 0.3) is 0 Å². The van der Waals surface area contributed by atoms with Gasteiger partial charge in [-0.2, -0.15) is 0 Å². The van der Waals surface area contributed by atoms with E-state index in [9.17, 15) is 14.4 Å². The Morgan fingerprint density at radius 2 is 1.91 bits per heavy atom. The molecule has 0 saturated carbocycles. The van der Waals surface area contributed by atoms with Crippen molar-refractivity contribution in [2.45, 2.75) is 25.4 Å². The maximum Gasteiger partial charge on any atom is 0.326 e. The summed E-state index contributed by atoms with van der Waals surface area (Å²) in [6.45, 7) is 3.59. The number of ether oxygens (including phenoxy) is 1. The molecule has 122 valence electrons. The minimum Gasteiger partial charge on any atom is -0.468 e. The van der Waals surface area contributed by atoms with Crippen molar-refractivity contribution in [3.05, 3.63) is 35.4 Å². The van der Waals surface area contributed by atoms with Crippen molar-refractivity contribution in [3.8, 4) is 0 Å². The first-order valence-electron chi connectivity index (χ1n) is 7.56. The van der Waals surface area contributed by atoms with E-state index < -0.39 is 29.4 Å². The first kappa shape index (κ1) is 15.7. The number of hydrogen-bond donors (Lipinski definition) is 1. The standard InChI is InChI=1S/C17H20N2O4/c1-9-7-5-6-8-10(9)13-11-12(15(21)19(3)14(11)20)17(2,18-13)16(22)23-4/h5-8,11-13,18H,1-4H3/t11-,12+,13-,17-/m1/s1. The minimum absolute atomic E-state index is 0.256. The first-order chi connectivity index (χ1) is 10.8. The molecule has 0 spiro atoms. The third-order valence-electron chi connectivity index (χ3n) is 5.14. The first-order valence-corrected chi connectivity index (χ1v) is 7.56. The quantitative estimate of drug-likeness (QED) is 0.645. The molecule has 2 fully saturated rings. The van der Waals surface area contributed by atoms with Gasteiger partial charge in [0, 0.05) is 13.1 Å². The predicted molar refractivity (Wildman–Crippen MR) is 82.2 cm³/mol. The van der Waals surface area contributed by atoms with Crippen LogP contribution in [0.5, 0.6) is 0 Å². The molecule has 1 aromatic rings. The number of amides is 2. The second-order valence-corrected chi connectivity index (χ2v) is 6.41. The van der Waals surface area contributed by atoms with Crippen LogP contribution in [0, 0.1) is 18.8 Å². The van der Waals surface area contributed by atoms with Crippen LogP contribution < -0.4 is 5.32 Å². The number of fused-ring (bicyclic) bond motifs is 1. The molecule has 0 unspecified atom stereocenters. The molecule has 0 radical (unpaired) electrons. The highest BCUT2D eigenvalue weighted by molar-refractivity contribution is 6.09. The highest BCUT2D eigenvalue weighted by Gasteiger charge is 2.66. The van der Waals surface area contributed by atoms with Crippen LogP contribution in [0.1, 0.15) is 24.1 Å². The number of benzene rings is 1. The van der Waals surface area contributed by atoms with Gasteiger partial charge >= 0.3 is 5.97 Å². The molecule has 0 aromatic heterocycles. The Morgan fingerprint density at radius 1 is 1.26 bits per heavy atom. The molecule has 2 aliphatic rings. The average molecular weight is 316 g/mol. The highest BCUT2D eigenvalue weighted by Crippen LogP contribution is 2.49. The van der Waals surface area contributed by atoms with Gasteiger partial charge in [-0.3, -0.25) is 24.6 Å². The van der Waals surface area contributed by atoms with Gasteiger partial charge < -0.3 is 4.74 Å². The topological polar surface area (TPSA) is 75.7 Å². The number of aryl methyl sites for hydroxylation is 1. The Bertz CT molecular complexity index is 702. The summed E-state index contributed by atoms with van der Waals surface area (Å²) < 4.78 is 4.90. The molecule has 6 nitrogen and oxygen atoms in total. The molecule has 2 aliphatic heterocycles. The Labute approximate surface area is 134 Å². The second kappa shape index (κ2) is 5.16. The predicted octanol–water partition coefficient (Wildman–Crippen LogP) is 0.802. The number of carbonyl (C=O) groups excluding carboxylic acids is 3. The zero-order valence-electron chi connectivity index (χ0n) is 13.6. The smallest absolute Gasteiger partial charge is 0.326 e. The van der Waals surface area contributed by atoms with Crippen molar-refractivity contribution in [2.75, 3.05) is 14.2 Å². The van der Waals surface area contributed by atoms with Crippen LogP contribution in [0.25, 0.3) is 0 Å². The lowest BCUT2D eigenvalue weighted by Crippen LogP contribution is -2.53. The van der Waals surface area contributed by atoms with Crippen LogP contribution in [-0.2, 0) is 19.1 Å². The summed E-state index contributed by atoms with van der Waals surface area (Å²) in [6, 6.07) is 7.27. The van der Waals surface area contributed by atoms with Gasteiger partial charge in [0.15, 0.2) is 0 Å². The van der Waals surface area contributed by atoms with Crippen molar-refractivity contribution in [2.24, 2.45) is 11.8 Å². The third-order valence-corrected chi connectivity index (χ3v) is 5.14. The summed E-state index contributed by atoms with van der Waals surface area (Å²) in [7, 11) is 2.76. The number of methoxy groups -OCH3 is 1. The number of carbonyl (C=O) groups is 3. The Morgan fingerprint density at radius 3 is 2.52 bits per heavy atom. The molecule has 2 heterocycles. The molecule has 4 atom stereocenters. The largest absolute Gasteiger partial charge is 0.468 e. The normalized spacial score (nSPS) is 33.0. The SMILES string of the molecule is COC(=O)[C@]1(C)N[C@H](c2ccccc2C)[C@@H]2C(=O)N(C)C(=O)[C@H]21. The van der Waals surface area contributed by atoms with E-state index in [0.717, 1.165) is 16.0 Å². The molecule has 2 amide bonds. The fraction of sp³-hybridized carbons (Fsp3) is 0.471. The fourth-order valence-corrected chi connectivity index (χ4v) is 3.89. The molecule has 0 aliphatic carbocycles. The van der Waals surface area contributed by atoms with E-state index in [0.29, 0.717) is 0 Å². The van der Waals surface area contributed by atoms with Crippen molar-refractivity contribution in [3.63, 3.8) is 0 Å². The Balaban J connectivity index is 2.14. The van der Waals surface area contributed by atoms with Gasteiger partial charge in [-0.1, -0.05) is 24.3 Å². The van der Waals surface area contributed by atoms with Crippen LogP contribution >= 0.6 is 0 Å². The lowest BCUT2D eigenvalue weighted by atomic mass is 9.80. The van der Waals surface area contributed by atoms with Crippen LogP contribution in [0.4, 0.5) is 0 Å². The summed E-state index contributed by atoms with van der Waals surface area (Å²) >= 11 is 0. The molecule has 6 heteroatoms. The number of imide groups is 1. The number of esters is 1. The van der Waals surface area contributed by atoms with Gasteiger partial charge in [0.05, 0.1) is 18.9 Å². The van der Waals surface area contributed by atoms with Crippen LogP contribution in [0.15, 0.2) is 24.3 Å². The van der Waals surface area contributed by atoms with Crippen molar-refractivity contribution >= 4 is 17.8 Å². The van der Waals surface area contributed by atoms with Gasteiger partial charge in [0.2, 0.25) is 11.8 Å². The van der Waals surface area contributed by atoms with Crippen LogP contribution in [0.3, 0.4) is 0 Å². The van der Waals surface area contributed by atoms with Crippen LogP contribution in [0.2, 0.25) is 0 Å². The molecular formula is C17H20N2O4. The van der Waals surface area contributed by atoms with Crippen LogP contribution in [-0.4, -0.2) is 42.4 Å². The van der Waals surface area contributed by atoms with E-state index in [1.807, 2.05) is 31.2 Å². The molecule has 2 saturated heterocycles. The average Bonchev–Trinajstić information content (AvgIpc) is 2.97. The van der Waals surface area contributed by atoms with Gasteiger partial charge in [-0.05, 0) is 25.0 Å². The van der Waals surface area contributed by atoms with E-state index in [-0.39, 0.29) is 11.8 Å². The fourth-order valence-electron chi connectivity index (χ4n) is 3.89. The van der Waals surface area contributed by atoms with E-state index in [1.165, 1.54) is 14.2 Å². The zero-order valence-corrected chi connectivity index (χ0v) is 13.6. The number of hydrogen-bond acceptors (Lipinski definition) is 5. The maximum absolute atomic E-state index is 12.6. The minimum atomic E-state index is -1.22. The second-order valence-electron chi connectivity index (χ2n) is 6.41. The van der Waals surface area contributed by atoms with E-state index in [4.69, 9.17) is 4.74 Å². The monoisotopic (exact) mass is 316 g/mol. The summed E-state index contributed by atoms with van der Waals surface area (Å²) in [5.41, 5.74) is 0.711. The van der Waals surface area contributed by atoms with Gasteiger partial charge in [0.1, 0.15) is 5.54 Å². The maximum atomic E-state index is 12.6. The molecule has 1 N–H and O–H groups in total.